The molecule has 1 aliphatic carbocycles. The molecule has 8 heteroatoms. The molecular weight excluding hydrogens is 330 g/mol. The molecule has 8 nitrogen and oxygen atoms in total. The summed E-state index contributed by atoms with van der Waals surface area (Å²) in [5, 5.41) is 21.9. The van der Waals surface area contributed by atoms with Crippen LogP contribution in [0.4, 0.5) is 5.69 Å². The van der Waals surface area contributed by atoms with Crippen molar-refractivity contribution in [2.75, 3.05) is 5.32 Å². The molecule has 2 aromatic heterocycles. The van der Waals surface area contributed by atoms with Gasteiger partial charge < -0.3 is 5.32 Å². The molecule has 1 aliphatic rings. The lowest BCUT2D eigenvalue weighted by Gasteiger charge is -2.06. The number of anilines is 1. The van der Waals surface area contributed by atoms with E-state index < -0.39 is 0 Å². The maximum atomic E-state index is 12.5. The van der Waals surface area contributed by atoms with Gasteiger partial charge in [-0.05, 0) is 53.8 Å². The molecule has 0 saturated heterocycles. The summed E-state index contributed by atoms with van der Waals surface area (Å²) in [6.07, 6.45) is 3.07. The van der Waals surface area contributed by atoms with Crippen molar-refractivity contribution in [3.63, 3.8) is 0 Å². The molecule has 1 fully saturated rings. The maximum Gasteiger partial charge on any atom is 0.276 e. The molecule has 134 valence electrons. The molecule has 0 bridgehead atoms. The second-order valence-corrected chi connectivity index (χ2v) is 7.09. The van der Waals surface area contributed by atoms with E-state index in [9.17, 15) is 4.79 Å². The molecule has 0 aliphatic heterocycles. The number of hydrogen-bond donors (Lipinski definition) is 2. The summed E-state index contributed by atoms with van der Waals surface area (Å²) in [4.78, 5) is 12.5. The van der Waals surface area contributed by atoms with Crippen molar-refractivity contribution in [2.45, 2.75) is 39.2 Å². The summed E-state index contributed by atoms with van der Waals surface area (Å²) < 4.78 is 1.85. The van der Waals surface area contributed by atoms with E-state index in [4.69, 9.17) is 0 Å². The van der Waals surface area contributed by atoms with Crippen LogP contribution in [0.25, 0.3) is 11.4 Å². The van der Waals surface area contributed by atoms with Crippen LogP contribution in [0, 0.1) is 5.92 Å². The van der Waals surface area contributed by atoms with Crippen molar-refractivity contribution in [3.05, 3.63) is 41.7 Å². The predicted molar refractivity (Wildman–Crippen MR) is 96.6 cm³/mol. The van der Waals surface area contributed by atoms with Crippen LogP contribution in [0.5, 0.6) is 0 Å². The van der Waals surface area contributed by atoms with Crippen LogP contribution >= 0.6 is 0 Å². The first-order chi connectivity index (χ1) is 12.6. The van der Waals surface area contributed by atoms with Crippen molar-refractivity contribution in [1.82, 2.24) is 30.4 Å². The molecule has 0 spiro atoms. The highest BCUT2D eigenvalue weighted by atomic mass is 16.1. The second kappa shape index (κ2) is 6.70. The fourth-order valence-electron chi connectivity index (χ4n) is 2.90. The maximum absolute atomic E-state index is 12.5. The van der Waals surface area contributed by atoms with Gasteiger partial charge in [0, 0.05) is 16.9 Å². The summed E-state index contributed by atoms with van der Waals surface area (Å²) in [6.45, 7) is 4.25. The van der Waals surface area contributed by atoms with Crippen LogP contribution < -0.4 is 5.32 Å². The Balaban J connectivity index is 1.51. The molecule has 1 amide bonds. The SMILES string of the molecule is CC(C)Cc1cc(C(=O)Nc2cccc(-c3nnnn3C3CC3)c2)n[nH]1. The largest absolute Gasteiger partial charge is 0.321 e. The number of nitrogens with zero attached hydrogens (tertiary/aromatic N) is 5. The fourth-order valence-corrected chi connectivity index (χ4v) is 2.90. The van der Waals surface area contributed by atoms with E-state index in [1.54, 1.807) is 6.07 Å². The van der Waals surface area contributed by atoms with Crippen LogP contribution in [0.3, 0.4) is 0 Å². The van der Waals surface area contributed by atoms with E-state index in [-0.39, 0.29) is 5.91 Å². The molecule has 4 rings (SSSR count). The molecule has 0 unspecified atom stereocenters. The van der Waals surface area contributed by atoms with E-state index in [2.05, 4.69) is 44.9 Å². The summed E-state index contributed by atoms with van der Waals surface area (Å²) in [6, 6.07) is 9.73. The normalized spacial score (nSPS) is 14.0. The lowest BCUT2D eigenvalue weighted by Crippen LogP contribution is -2.12. The first-order valence-electron chi connectivity index (χ1n) is 8.84. The number of aromatic amines is 1. The van der Waals surface area contributed by atoms with Crippen molar-refractivity contribution >= 4 is 11.6 Å². The number of benzene rings is 1. The fraction of sp³-hybridized carbons (Fsp3) is 0.389. The molecule has 1 aromatic carbocycles. The van der Waals surface area contributed by atoms with Gasteiger partial charge in [-0.3, -0.25) is 9.89 Å². The van der Waals surface area contributed by atoms with Gasteiger partial charge in [0.05, 0.1) is 6.04 Å². The monoisotopic (exact) mass is 351 g/mol. The molecule has 2 heterocycles. The Morgan fingerprint density at radius 3 is 2.96 bits per heavy atom. The van der Waals surface area contributed by atoms with Gasteiger partial charge in [-0.15, -0.1) is 5.10 Å². The lowest BCUT2D eigenvalue weighted by atomic mass is 10.1. The van der Waals surface area contributed by atoms with E-state index in [0.717, 1.165) is 36.3 Å². The van der Waals surface area contributed by atoms with E-state index in [1.807, 2.05) is 28.9 Å². The zero-order valence-electron chi connectivity index (χ0n) is 14.8. The summed E-state index contributed by atoms with van der Waals surface area (Å²) >= 11 is 0. The zero-order chi connectivity index (χ0) is 18.1. The van der Waals surface area contributed by atoms with Gasteiger partial charge in [-0.1, -0.05) is 26.0 Å². The smallest absolute Gasteiger partial charge is 0.276 e. The quantitative estimate of drug-likeness (QED) is 0.711. The standard InChI is InChI=1S/C18H21N7O/c1-11(2)8-14-10-16(21-20-14)18(26)19-13-5-3-4-12(9-13)17-22-23-24-25(17)15-6-7-15/h3-5,9-11,15H,6-8H2,1-2H3,(H,19,26)(H,20,21). The van der Waals surface area contributed by atoms with Crippen molar-refractivity contribution in [3.8, 4) is 11.4 Å². The predicted octanol–water partition coefficient (Wildman–Crippen LogP) is 2.85. The minimum absolute atomic E-state index is 0.241. The number of aromatic nitrogens is 6. The minimum atomic E-state index is -0.241. The average Bonchev–Trinajstić information content (AvgIpc) is 3.15. The van der Waals surface area contributed by atoms with Gasteiger partial charge in [0.2, 0.25) is 0 Å². The minimum Gasteiger partial charge on any atom is -0.321 e. The third-order valence-corrected chi connectivity index (χ3v) is 4.26. The van der Waals surface area contributed by atoms with Crippen molar-refractivity contribution < 1.29 is 4.79 Å². The van der Waals surface area contributed by atoms with Crippen molar-refractivity contribution in [1.29, 1.82) is 0 Å². The number of amides is 1. The van der Waals surface area contributed by atoms with Gasteiger partial charge in [-0.25, -0.2) is 4.68 Å². The van der Waals surface area contributed by atoms with Gasteiger partial charge >= 0.3 is 0 Å². The van der Waals surface area contributed by atoms with E-state index in [0.29, 0.717) is 23.3 Å². The molecule has 1 saturated carbocycles. The Hall–Kier alpha value is -3.03. The topological polar surface area (TPSA) is 101 Å². The Morgan fingerprint density at radius 1 is 1.35 bits per heavy atom. The van der Waals surface area contributed by atoms with Crippen LogP contribution in [0.15, 0.2) is 30.3 Å². The number of H-pyrrole nitrogens is 1. The number of hydrogen-bond acceptors (Lipinski definition) is 5. The van der Waals surface area contributed by atoms with Crippen LogP contribution in [0.1, 0.15) is 48.9 Å². The average molecular weight is 351 g/mol. The highest BCUT2D eigenvalue weighted by Gasteiger charge is 2.28. The first kappa shape index (κ1) is 16.4. The van der Waals surface area contributed by atoms with Gasteiger partial charge in [0.1, 0.15) is 0 Å². The van der Waals surface area contributed by atoms with Crippen molar-refractivity contribution in [2.24, 2.45) is 5.92 Å². The summed E-state index contributed by atoms with van der Waals surface area (Å²) in [5.41, 5.74) is 2.91. The number of carbonyl (C=O) groups excluding carboxylic acids is 1. The first-order valence-corrected chi connectivity index (χ1v) is 8.84. The molecule has 0 atom stereocenters. The summed E-state index contributed by atoms with van der Waals surface area (Å²) in [5.74, 6) is 0.984. The summed E-state index contributed by atoms with van der Waals surface area (Å²) in [7, 11) is 0. The molecule has 0 radical (unpaired) electrons. The van der Waals surface area contributed by atoms with Gasteiger partial charge in [-0.2, -0.15) is 5.10 Å². The molecule has 26 heavy (non-hydrogen) atoms. The Morgan fingerprint density at radius 2 is 2.19 bits per heavy atom. The Bertz CT molecular complexity index is 923. The van der Waals surface area contributed by atoms with Gasteiger partial charge in [0.15, 0.2) is 11.5 Å². The zero-order valence-corrected chi connectivity index (χ0v) is 14.8. The van der Waals surface area contributed by atoms with Gasteiger partial charge in [0.25, 0.3) is 5.91 Å². The van der Waals surface area contributed by atoms with Crippen LogP contribution in [-0.4, -0.2) is 36.3 Å². The third kappa shape index (κ3) is 3.49. The van der Waals surface area contributed by atoms with E-state index in [1.165, 1.54) is 0 Å². The Labute approximate surface area is 151 Å². The number of rotatable bonds is 6. The highest BCUT2D eigenvalue weighted by Crippen LogP contribution is 2.36. The number of tetrazole rings is 1. The third-order valence-electron chi connectivity index (χ3n) is 4.26. The second-order valence-electron chi connectivity index (χ2n) is 7.09. The van der Waals surface area contributed by atoms with Crippen LogP contribution in [0.2, 0.25) is 0 Å². The number of carbonyl (C=O) groups is 1. The molecule has 2 N–H and O–H groups in total. The lowest BCUT2D eigenvalue weighted by molar-refractivity contribution is 0.102. The highest BCUT2D eigenvalue weighted by molar-refractivity contribution is 6.03. The molecule has 3 aromatic rings. The number of nitrogens with one attached hydrogen (secondary N) is 2. The Kier molecular flexibility index (Phi) is 4.24. The molecular formula is C18H21N7O. The van der Waals surface area contributed by atoms with E-state index >= 15 is 0 Å². The van der Waals surface area contributed by atoms with Crippen LogP contribution in [-0.2, 0) is 6.42 Å².